The molecule has 8 nitrogen and oxygen atoms in total. The lowest BCUT2D eigenvalue weighted by molar-refractivity contribution is -0.140. The maximum absolute atomic E-state index is 13.9. The second-order valence-electron chi connectivity index (χ2n) is 9.84. The number of sulfonamides is 1. The quantitative estimate of drug-likeness (QED) is 0.428. The lowest BCUT2D eigenvalue weighted by Gasteiger charge is -2.34. The molecule has 208 valence electrons. The van der Waals surface area contributed by atoms with E-state index < -0.39 is 28.5 Å². The Morgan fingerprint density at radius 2 is 1.84 bits per heavy atom. The summed E-state index contributed by atoms with van der Waals surface area (Å²) in [4.78, 5) is 28.8. The summed E-state index contributed by atoms with van der Waals surface area (Å²) in [5, 5.41) is 3.53. The van der Waals surface area contributed by atoms with Crippen molar-refractivity contribution in [3.8, 4) is 5.75 Å². The van der Waals surface area contributed by atoms with E-state index in [0.29, 0.717) is 17.2 Å². The van der Waals surface area contributed by atoms with Gasteiger partial charge in [0.15, 0.2) is 0 Å². The van der Waals surface area contributed by atoms with E-state index in [1.165, 1.54) is 11.0 Å². The lowest BCUT2D eigenvalue weighted by Crippen LogP contribution is -2.53. The number of rotatable bonds is 11. The molecule has 1 aliphatic carbocycles. The van der Waals surface area contributed by atoms with E-state index in [1.807, 2.05) is 26.0 Å². The summed E-state index contributed by atoms with van der Waals surface area (Å²) in [6.45, 7) is 3.33. The fourth-order valence-electron chi connectivity index (χ4n) is 4.78. The number of nitrogens with one attached hydrogen (secondary N) is 1. The normalized spacial score (nSPS) is 15.0. The molecule has 38 heavy (non-hydrogen) atoms. The number of ether oxygens (including phenoxy) is 1. The Labute approximate surface area is 231 Å². The van der Waals surface area contributed by atoms with Crippen LogP contribution in [0.25, 0.3) is 0 Å². The molecule has 0 aliphatic heterocycles. The van der Waals surface area contributed by atoms with E-state index in [2.05, 4.69) is 5.32 Å². The van der Waals surface area contributed by atoms with Gasteiger partial charge < -0.3 is 15.0 Å². The van der Waals surface area contributed by atoms with Crippen LogP contribution in [0, 0.1) is 6.92 Å². The van der Waals surface area contributed by atoms with Crippen molar-refractivity contribution in [2.75, 3.05) is 24.2 Å². The molecule has 1 fully saturated rings. The van der Waals surface area contributed by atoms with Crippen LogP contribution >= 0.6 is 11.6 Å². The standard InChI is InChI=1S/C28H38ClN3O5S/c1-5-26(28(34)30-22-11-7-6-8-12-22)31(18-21-10-9-13-24(16-21)37-3)27(33)19-32(38(4,35)36)23-15-14-20(2)25(29)17-23/h9-10,13-17,22,26H,5-8,11-12,18-19H2,1-4H3,(H,30,34). The molecule has 0 heterocycles. The first-order valence-corrected chi connectivity index (χ1v) is 15.2. The summed E-state index contributed by atoms with van der Waals surface area (Å²) in [5.41, 5.74) is 1.85. The van der Waals surface area contributed by atoms with Gasteiger partial charge in [-0.1, -0.05) is 56.0 Å². The third-order valence-corrected chi connectivity index (χ3v) is 8.49. The van der Waals surface area contributed by atoms with E-state index in [4.69, 9.17) is 16.3 Å². The number of halogens is 1. The second kappa shape index (κ2) is 13.3. The molecule has 1 aliphatic rings. The Hall–Kier alpha value is -2.78. The van der Waals surface area contributed by atoms with Crippen LogP contribution in [-0.4, -0.2) is 57.1 Å². The Bertz CT molecular complexity index is 1230. The Kier molecular flexibility index (Phi) is 10.4. The number of hydrogen-bond acceptors (Lipinski definition) is 5. The van der Waals surface area contributed by atoms with Crippen molar-refractivity contribution < 1.29 is 22.7 Å². The highest BCUT2D eigenvalue weighted by Crippen LogP contribution is 2.26. The van der Waals surface area contributed by atoms with Crippen LogP contribution < -0.4 is 14.4 Å². The number of methoxy groups -OCH3 is 1. The Morgan fingerprint density at radius 3 is 2.45 bits per heavy atom. The van der Waals surface area contributed by atoms with E-state index in [-0.39, 0.29) is 24.2 Å². The number of anilines is 1. The zero-order valence-electron chi connectivity index (χ0n) is 22.6. The number of benzene rings is 2. The van der Waals surface area contributed by atoms with Gasteiger partial charge in [0.2, 0.25) is 21.8 Å². The van der Waals surface area contributed by atoms with Gasteiger partial charge in [-0.2, -0.15) is 0 Å². The molecule has 1 N–H and O–H groups in total. The van der Waals surface area contributed by atoms with E-state index in [1.54, 1.807) is 31.4 Å². The number of carbonyl (C=O) groups is 2. The van der Waals surface area contributed by atoms with Crippen molar-refractivity contribution in [2.45, 2.75) is 71.0 Å². The first-order valence-electron chi connectivity index (χ1n) is 13.0. The van der Waals surface area contributed by atoms with Crippen molar-refractivity contribution in [1.82, 2.24) is 10.2 Å². The molecule has 1 unspecified atom stereocenters. The van der Waals surface area contributed by atoms with Crippen molar-refractivity contribution in [3.63, 3.8) is 0 Å². The van der Waals surface area contributed by atoms with Gasteiger partial charge in [0, 0.05) is 17.6 Å². The molecule has 0 spiro atoms. The first kappa shape index (κ1) is 29.8. The third-order valence-electron chi connectivity index (χ3n) is 6.95. The smallest absolute Gasteiger partial charge is 0.244 e. The first-order chi connectivity index (χ1) is 18.0. The van der Waals surface area contributed by atoms with Crippen LogP contribution in [0.15, 0.2) is 42.5 Å². The van der Waals surface area contributed by atoms with Gasteiger partial charge in [0.1, 0.15) is 18.3 Å². The van der Waals surface area contributed by atoms with Crippen LogP contribution in [0.3, 0.4) is 0 Å². The highest BCUT2D eigenvalue weighted by Gasteiger charge is 2.33. The van der Waals surface area contributed by atoms with Crippen molar-refractivity contribution in [2.24, 2.45) is 0 Å². The van der Waals surface area contributed by atoms with Gasteiger partial charge in [-0.3, -0.25) is 13.9 Å². The number of nitrogens with zero attached hydrogens (tertiary/aromatic N) is 2. The number of amides is 2. The minimum Gasteiger partial charge on any atom is -0.497 e. The highest BCUT2D eigenvalue weighted by molar-refractivity contribution is 7.92. The second-order valence-corrected chi connectivity index (χ2v) is 12.2. The zero-order valence-corrected chi connectivity index (χ0v) is 24.1. The van der Waals surface area contributed by atoms with E-state index in [0.717, 1.165) is 53.8 Å². The Balaban J connectivity index is 1.94. The largest absolute Gasteiger partial charge is 0.497 e. The minimum atomic E-state index is -3.83. The monoisotopic (exact) mass is 563 g/mol. The molecule has 3 rings (SSSR count). The van der Waals surface area contributed by atoms with Crippen molar-refractivity contribution >= 4 is 39.1 Å². The Morgan fingerprint density at radius 1 is 1.13 bits per heavy atom. The van der Waals surface area contributed by atoms with Gasteiger partial charge in [-0.05, 0) is 61.6 Å². The zero-order chi connectivity index (χ0) is 27.9. The molecular weight excluding hydrogens is 526 g/mol. The molecule has 1 saturated carbocycles. The lowest BCUT2D eigenvalue weighted by atomic mass is 9.95. The number of carbonyl (C=O) groups excluding carboxylic acids is 2. The summed E-state index contributed by atoms with van der Waals surface area (Å²) in [7, 11) is -2.27. The molecule has 2 amide bonds. The summed E-state index contributed by atoms with van der Waals surface area (Å²) >= 11 is 6.27. The topological polar surface area (TPSA) is 96.0 Å². The van der Waals surface area contributed by atoms with Gasteiger partial charge >= 0.3 is 0 Å². The van der Waals surface area contributed by atoms with Crippen LogP contribution in [0.2, 0.25) is 5.02 Å². The summed E-state index contributed by atoms with van der Waals surface area (Å²) < 4.78 is 31.9. The summed E-state index contributed by atoms with van der Waals surface area (Å²) in [6, 6.07) is 11.5. The molecule has 10 heteroatoms. The van der Waals surface area contributed by atoms with E-state index >= 15 is 0 Å². The number of hydrogen-bond donors (Lipinski definition) is 1. The maximum Gasteiger partial charge on any atom is 0.244 e. The fourth-order valence-corrected chi connectivity index (χ4v) is 5.80. The van der Waals surface area contributed by atoms with Gasteiger partial charge in [-0.25, -0.2) is 8.42 Å². The van der Waals surface area contributed by atoms with Crippen LogP contribution in [-0.2, 0) is 26.2 Å². The van der Waals surface area contributed by atoms with Crippen LogP contribution in [0.1, 0.15) is 56.6 Å². The molecule has 2 aromatic rings. The van der Waals surface area contributed by atoms with E-state index in [9.17, 15) is 18.0 Å². The van der Waals surface area contributed by atoms with Crippen LogP contribution in [0.4, 0.5) is 5.69 Å². The molecule has 0 bridgehead atoms. The minimum absolute atomic E-state index is 0.0845. The van der Waals surface area contributed by atoms with Crippen molar-refractivity contribution in [3.05, 3.63) is 58.6 Å². The number of aryl methyl sites for hydroxylation is 1. The SMILES string of the molecule is CCC(C(=O)NC1CCCCC1)N(Cc1cccc(OC)c1)C(=O)CN(c1ccc(C)c(Cl)c1)S(C)(=O)=O. The molecule has 0 radical (unpaired) electrons. The summed E-state index contributed by atoms with van der Waals surface area (Å²) in [5.74, 6) is -0.0813. The van der Waals surface area contributed by atoms with Gasteiger partial charge in [0.25, 0.3) is 0 Å². The van der Waals surface area contributed by atoms with Gasteiger partial charge in [-0.15, -0.1) is 0 Å². The molecule has 0 aromatic heterocycles. The molecular formula is C28H38ClN3O5S. The molecule has 2 aromatic carbocycles. The van der Waals surface area contributed by atoms with Crippen molar-refractivity contribution in [1.29, 1.82) is 0 Å². The third kappa shape index (κ3) is 7.86. The predicted octanol–water partition coefficient (Wildman–Crippen LogP) is 4.68. The molecule has 0 saturated heterocycles. The average Bonchev–Trinajstić information content (AvgIpc) is 2.88. The molecule has 1 atom stereocenters. The average molecular weight is 564 g/mol. The maximum atomic E-state index is 13.9. The fraction of sp³-hybridized carbons (Fsp3) is 0.500. The van der Waals surface area contributed by atoms with Gasteiger partial charge in [0.05, 0.1) is 19.1 Å². The summed E-state index contributed by atoms with van der Waals surface area (Å²) in [6.07, 6.45) is 6.56. The predicted molar refractivity (Wildman–Crippen MR) is 151 cm³/mol. The highest BCUT2D eigenvalue weighted by atomic mass is 35.5. The van der Waals surface area contributed by atoms with Crippen LogP contribution in [0.5, 0.6) is 5.75 Å².